The van der Waals surface area contributed by atoms with Gasteiger partial charge in [0.25, 0.3) is 0 Å². The van der Waals surface area contributed by atoms with Crippen LogP contribution in [-0.4, -0.2) is 22.6 Å². The summed E-state index contributed by atoms with van der Waals surface area (Å²) in [5.41, 5.74) is 5.49. The zero-order valence-corrected chi connectivity index (χ0v) is 21.1. The molecule has 3 aromatic rings. The highest BCUT2D eigenvalue weighted by atomic mass is 79.9. The van der Waals surface area contributed by atoms with Crippen LogP contribution in [0.2, 0.25) is 0 Å². The van der Waals surface area contributed by atoms with Crippen molar-refractivity contribution in [3.05, 3.63) is 49.1 Å². The maximum atomic E-state index is 9.00. The molecule has 0 spiro atoms. The summed E-state index contributed by atoms with van der Waals surface area (Å²) in [4.78, 5) is 7.38. The van der Waals surface area contributed by atoms with E-state index in [1.165, 1.54) is 16.6 Å². The van der Waals surface area contributed by atoms with Gasteiger partial charge in [-0.1, -0.05) is 15.9 Å². The molecule has 150 valence electrons. The lowest BCUT2D eigenvalue weighted by Gasteiger charge is -2.33. The first kappa shape index (κ1) is 20.9. The lowest BCUT2D eigenvalue weighted by atomic mass is 9.93. The molecular weight excluding hydrogens is 560 g/mol. The topological polar surface area (TPSA) is 44.9 Å². The number of nitrogens with zero attached hydrogens (tertiary/aromatic N) is 4. The van der Waals surface area contributed by atoms with Crippen LogP contribution in [0.4, 0.5) is 5.69 Å². The van der Waals surface area contributed by atoms with Crippen molar-refractivity contribution < 1.29 is 0 Å². The molecule has 3 heterocycles. The summed E-state index contributed by atoms with van der Waals surface area (Å²) in [5, 5.41) is 10.2. The minimum atomic E-state index is 0.523. The highest BCUT2D eigenvalue weighted by Crippen LogP contribution is 2.39. The van der Waals surface area contributed by atoms with Crippen LogP contribution in [0.15, 0.2) is 37.8 Å². The van der Waals surface area contributed by atoms with Gasteiger partial charge in [-0.15, -0.1) is 0 Å². The van der Waals surface area contributed by atoms with E-state index in [9.17, 15) is 0 Å². The molecule has 7 heteroatoms. The van der Waals surface area contributed by atoms with E-state index in [1.807, 2.05) is 0 Å². The largest absolute Gasteiger partial charge is 0.371 e. The summed E-state index contributed by atoms with van der Waals surface area (Å²) in [6.07, 6.45) is 4.97. The Morgan fingerprint density at radius 2 is 1.76 bits per heavy atom. The van der Waals surface area contributed by atoms with Crippen LogP contribution >= 0.6 is 47.8 Å². The number of pyridine rings is 1. The standard InChI is InChI=1S/C22H21Br3N4/c1-13-12-29(21-17(24)10-16(23)11-18(21)25)22-20(13)19(9-14(2)27-22)28-7-4-15(3-6-26)5-8-28/h9-12,15H,3-5,7-8H2,1-2H3. The van der Waals surface area contributed by atoms with Gasteiger partial charge < -0.3 is 4.90 Å². The fourth-order valence-corrected chi connectivity index (χ4v) is 6.84. The van der Waals surface area contributed by atoms with Crippen LogP contribution in [0.3, 0.4) is 0 Å². The minimum Gasteiger partial charge on any atom is -0.371 e. The molecule has 1 fully saturated rings. The van der Waals surface area contributed by atoms with E-state index in [-0.39, 0.29) is 0 Å². The summed E-state index contributed by atoms with van der Waals surface area (Å²) in [6, 6.07) is 8.64. The number of hydrogen-bond acceptors (Lipinski definition) is 3. The highest BCUT2D eigenvalue weighted by molar-refractivity contribution is 9.11. The fourth-order valence-electron chi connectivity index (χ4n) is 4.20. The van der Waals surface area contributed by atoms with Crippen LogP contribution in [-0.2, 0) is 0 Å². The molecule has 2 aromatic heterocycles. The number of piperidine rings is 1. The summed E-state index contributed by atoms with van der Waals surface area (Å²) >= 11 is 11.0. The summed E-state index contributed by atoms with van der Waals surface area (Å²) in [6.45, 7) is 6.19. The van der Waals surface area contributed by atoms with E-state index < -0.39 is 0 Å². The number of benzene rings is 1. The number of anilines is 1. The number of aromatic nitrogens is 2. The molecule has 0 aliphatic carbocycles. The third-order valence-corrected chi connectivity index (χ3v) is 7.28. The van der Waals surface area contributed by atoms with Crippen molar-refractivity contribution in [3.8, 4) is 11.8 Å². The Kier molecular flexibility index (Phi) is 6.06. The molecule has 0 atom stereocenters. The van der Waals surface area contributed by atoms with Crippen LogP contribution in [0.25, 0.3) is 16.7 Å². The Balaban J connectivity index is 1.83. The van der Waals surface area contributed by atoms with E-state index >= 15 is 0 Å². The smallest absolute Gasteiger partial charge is 0.147 e. The van der Waals surface area contributed by atoms with Gasteiger partial charge >= 0.3 is 0 Å². The normalized spacial score (nSPS) is 15.1. The Labute approximate surface area is 196 Å². The lowest BCUT2D eigenvalue weighted by Crippen LogP contribution is -2.33. The number of aryl methyl sites for hydroxylation is 2. The van der Waals surface area contributed by atoms with Gasteiger partial charge in [0.2, 0.25) is 0 Å². The van der Waals surface area contributed by atoms with Crippen molar-refractivity contribution in [2.75, 3.05) is 18.0 Å². The Bertz CT molecular complexity index is 1100. The predicted molar refractivity (Wildman–Crippen MR) is 129 cm³/mol. The number of nitriles is 1. The fraction of sp³-hybridized carbons (Fsp3) is 0.364. The Morgan fingerprint density at radius 1 is 1.10 bits per heavy atom. The van der Waals surface area contributed by atoms with Crippen molar-refractivity contribution in [2.24, 2.45) is 5.92 Å². The van der Waals surface area contributed by atoms with E-state index in [2.05, 4.69) is 102 Å². The van der Waals surface area contributed by atoms with Crippen LogP contribution in [0.1, 0.15) is 30.5 Å². The van der Waals surface area contributed by atoms with E-state index in [1.54, 1.807) is 0 Å². The summed E-state index contributed by atoms with van der Waals surface area (Å²) in [7, 11) is 0. The second-order valence-corrected chi connectivity index (χ2v) is 10.3. The van der Waals surface area contributed by atoms with Crippen LogP contribution in [0.5, 0.6) is 0 Å². The molecule has 1 aliphatic rings. The molecule has 0 amide bonds. The van der Waals surface area contributed by atoms with Crippen molar-refractivity contribution in [1.29, 1.82) is 5.26 Å². The average molecular weight is 581 g/mol. The zero-order valence-electron chi connectivity index (χ0n) is 16.3. The molecule has 1 saturated heterocycles. The Morgan fingerprint density at radius 3 is 2.38 bits per heavy atom. The van der Waals surface area contributed by atoms with Crippen molar-refractivity contribution >= 4 is 64.5 Å². The van der Waals surface area contributed by atoms with Gasteiger partial charge in [0.15, 0.2) is 0 Å². The molecule has 0 radical (unpaired) electrons. The first-order valence-corrected chi connectivity index (χ1v) is 12.0. The number of halogens is 3. The van der Waals surface area contributed by atoms with E-state index in [4.69, 9.17) is 10.2 Å². The summed E-state index contributed by atoms with van der Waals surface area (Å²) < 4.78 is 5.18. The third kappa shape index (κ3) is 3.99. The first-order valence-electron chi connectivity index (χ1n) is 9.65. The second-order valence-electron chi connectivity index (χ2n) is 7.67. The molecule has 0 unspecified atom stereocenters. The highest BCUT2D eigenvalue weighted by Gasteiger charge is 2.24. The van der Waals surface area contributed by atoms with Crippen molar-refractivity contribution in [2.45, 2.75) is 33.1 Å². The molecule has 4 nitrogen and oxygen atoms in total. The first-order chi connectivity index (χ1) is 13.9. The SMILES string of the molecule is Cc1cc(N2CCC(CC#N)CC2)c2c(C)cn(-c3c(Br)cc(Br)cc3Br)c2n1. The van der Waals surface area contributed by atoms with Crippen molar-refractivity contribution in [3.63, 3.8) is 0 Å². The third-order valence-electron chi connectivity index (χ3n) is 5.61. The van der Waals surface area contributed by atoms with E-state index in [0.717, 1.165) is 56.4 Å². The van der Waals surface area contributed by atoms with Gasteiger partial charge in [-0.25, -0.2) is 4.98 Å². The predicted octanol–water partition coefficient (Wildman–Crippen LogP) is 7.06. The molecule has 1 aromatic carbocycles. The maximum absolute atomic E-state index is 9.00. The van der Waals surface area contributed by atoms with Crippen LogP contribution in [0, 0.1) is 31.1 Å². The van der Waals surface area contributed by atoms with E-state index in [0.29, 0.717) is 12.3 Å². The van der Waals surface area contributed by atoms with Crippen molar-refractivity contribution in [1.82, 2.24) is 9.55 Å². The monoisotopic (exact) mass is 578 g/mol. The lowest BCUT2D eigenvalue weighted by molar-refractivity contribution is 0.413. The zero-order chi connectivity index (χ0) is 20.7. The van der Waals surface area contributed by atoms with Gasteiger partial charge in [-0.05, 0) is 88.2 Å². The number of rotatable bonds is 3. The number of fused-ring (bicyclic) bond motifs is 1. The maximum Gasteiger partial charge on any atom is 0.147 e. The average Bonchev–Trinajstić information content (AvgIpc) is 2.97. The van der Waals surface area contributed by atoms with Gasteiger partial charge in [-0.3, -0.25) is 4.57 Å². The van der Waals surface area contributed by atoms with Gasteiger partial charge in [0.05, 0.1) is 11.8 Å². The molecule has 0 bridgehead atoms. The van der Waals surface area contributed by atoms with Gasteiger partial charge in [0.1, 0.15) is 5.65 Å². The quantitative estimate of drug-likeness (QED) is 0.333. The van der Waals surface area contributed by atoms with Gasteiger partial charge in [-0.2, -0.15) is 5.26 Å². The second kappa shape index (κ2) is 8.41. The minimum absolute atomic E-state index is 0.523. The molecule has 4 rings (SSSR count). The van der Waals surface area contributed by atoms with Crippen LogP contribution < -0.4 is 4.90 Å². The molecule has 0 N–H and O–H groups in total. The molecule has 1 aliphatic heterocycles. The van der Waals surface area contributed by atoms with Gasteiger partial charge in [0, 0.05) is 55.9 Å². The molecule has 0 saturated carbocycles. The number of hydrogen-bond donors (Lipinski definition) is 0. The Hall–Kier alpha value is -1.36. The summed E-state index contributed by atoms with van der Waals surface area (Å²) in [5.74, 6) is 0.523. The molecular formula is C22H21Br3N4. The molecule has 29 heavy (non-hydrogen) atoms.